The minimum atomic E-state index is 0.227. The van der Waals surface area contributed by atoms with E-state index in [9.17, 15) is 4.79 Å². The van der Waals surface area contributed by atoms with Gasteiger partial charge in [0.15, 0.2) is 0 Å². The van der Waals surface area contributed by atoms with Crippen LogP contribution in [-0.4, -0.2) is 23.4 Å². The van der Waals surface area contributed by atoms with Crippen LogP contribution in [0.15, 0.2) is 0 Å². The maximum atomic E-state index is 11.3. The molecule has 0 bridgehead atoms. The molecule has 82 valence electrons. The Morgan fingerprint density at radius 3 is 2.29 bits per heavy atom. The number of nitrogens with zero attached hydrogens (tertiary/aromatic N) is 1. The summed E-state index contributed by atoms with van der Waals surface area (Å²) in [6.45, 7) is 11.7. The zero-order valence-electron chi connectivity index (χ0n) is 10.1. The van der Waals surface area contributed by atoms with Crippen molar-refractivity contribution >= 4 is 5.91 Å². The highest BCUT2D eigenvalue weighted by Crippen LogP contribution is 2.36. The summed E-state index contributed by atoms with van der Waals surface area (Å²) in [5, 5.41) is 0. The fourth-order valence-corrected chi connectivity index (χ4v) is 2.43. The van der Waals surface area contributed by atoms with Crippen LogP contribution in [0.3, 0.4) is 0 Å². The van der Waals surface area contributed by atoms with Gasteiger partial charge < -0.3 is 4.90 Å². The van der Waals surface area contributed by atoms with Crippen molar-refractivity contribution in [2.75, 3.05) is 6.54 Å². The predicted octanol–water partition coefficient (Wildman–Crippen LogP) is 2.68. The number of carbonyl (C=O) groups excluding carboxylic acids is 1. The molecular formula is C12H23NO. The molecule has 0 saturated carbocycles. The number of likely N-dealkylation sites (tertiary alicyclic amines) is 1. The van der Waals surface area contributed by atoms with Crippen molar-refractivity contribution in [2.45, 2.75) is 53.5 Å². The molecule has 0 aromatic rings. The molecule has 0 aromatic carbocycles. The smallest absolute Gasteiger partial charge is 0.219 e. The molecule has 2 nitrogen and oxygen atoms in total. The first-order valence-electron chi connectivity index (χ1n) is 5.59. The van der Waals surface area contributed by atoms with E-state index < -0.39 is 0 Å². The molecular weight excluding hydrogens is 174 g/mol. The number of hydrogen-bond donors (Lipinski definition) is 0. The molecule has 1 aliphatic rings. The number of rotatable bonds is 0. The average molecular weight is 197 g/mol. The molecule has 0 N–H and O–H groups in total. The third kappa shape index (κ3) is 2.49. The summed E-state index contributed by atoms with van der Waals surface area (Å²) in [7, 11) is 0. The number of amides is 1. The van der Waals surface area contributed by atoms with Gasteiger partial charge in [-0.3, -0.25) is 4.79 Å². The second kappa shape index (κ2) is 3.92. The summed E-state index contributed by atoms with van der Waals surface area (Å²) >= 11 is 0. The maximum absolute atomic E-state index is 11.3. The third-order valence-corrected chi connectivity index (χ3v) is 3.51. The van der Waals surface area contributed by atoms with E-state index in [2.05, 4.69) is 27.7 Å². The molecule has 0 aromatic heterocycles. The minimum Gasteiger partial charge on any atom is -0.340 e. The lowest BCUT2D eigenvalue weighted by molar-refractivity contribution is -0.133. The van der Waals surface area contributed by atoms with Crippen molar-refractivity contribution in [3.63, 3.8) is 0 Å². The zero-order chi connectivity index (χ0) is 10.9. The Morgan fingerprint density at radius 1 is 1.36 bits per heavy atom. The van der Waals surface area contributed by atoms with Gasteiger partial charge in [0.2, 0.25) is 5.91 Å². The minimum absolute atomic E-state index is 0.227. The Kier molecular flexibility index (Phi) is 3.23. The predicted molar refractivity (Wildman–Crippen MR) is 59.0 cm³/mol. The lowest BCUT2D eigenvalue weighted by Crippen LogP contribution is -2.45. The van der Waals surface area contributed by atoms with Crippen LogP contribution in [0.5, 0.6) is 0 Å². The van der Waals surface area contributed by atoms with Gasteiger partial charge >= 0.3 is 0 Å². The Balaban J connectivity index is 2.60. The Hall–Kier alpha value is -0.530. The Morgan fingerprint density at radius 2 is 1.93 bits per heavy atom. The van der Waals surface area contributed by atoms with Gasteiger partial charge in [0.05, 0.1) is 0 Å². The summed E-state index contributed by atoms with van der Waals surface area (Å²) in [6.07, 6.45) is 2.32. The van der Waals surface area contributed by atoms with Crippen LogP contribution in [0.4, 0.5) is 0 Å². The molecule has 0 unspecified atom stereocenters. The van der Waals surface area contributed by atoms with E-state index in [1.807, 2.05) is 4.90 Å². The summed E-state index contributed by atoms with van der Waals surface area (Å²) in [6, 6.07) is 0.422. The van der Waals surface area contributed by atoms with Gasteiger partial charge in [0, 0.05) is 19.5 Å². The molecule has 1 rings (SSSR count). The van der Waals surface area contributed by atoms with Crippen LogP contribution >= 0.6 is 0 Å². The molecule has 2 heteroatoms. The summed E-state index contributed by atoms with van der Waals surface area (Å²) in [5.41, 5.74) is 0.386. The normalized spacial score (nSPS) is 29.1. The first kappa shape index (κ1) is 11.5. The van der Waals surface area contributed by atoms with Crippen molar-refractivity contribution in [3.8, 4) is 0 Å². The largest absolute Gasteiger partial charge is 0.340 e. The summed E-state index contributed by atoms with van der Waals surface area (Å²) in [4.78, 5) is 13.3. The van der Waals surface area contributed by atoms with E-state index in [1.165, 1.54) is 0 Å². The van der Waals surface area contributed by atoms with Gasteiger partial charge in [-0.15, -0.1) is 0 Å². The van der Waals surface area contributed by atoms with Crippen LogP contribution in [0, 0.1) is 11.3 Å². The molecule has 14 heavy (non-hydrogen) atoms. The van der Waals surface area contributed by atoms with Crippen LogP contribution < -0.4 is 0 Å². The van der Waals surface area contributed by atoms with E-state index in [0.717, 1.165) is 25.3 Å². The first-order valence-corrected chi connectivity index (χ1v) is 5.59. The first-order chi connectivity index (χ1) is 6.32. The topological polar surface area (TPSA) is 20.3 Å². The van der Waals surface area contributed by atoms with E-state index in [1.54, 1.807) is 6.92 Å². The standard InChI is InChI=1S/C12H23NO/c1-9-8-11(12(3,4)5)6-7-13(9)10(2)14/h9,11H,6-8H2,1-5H3/t9-,11-/m0/s1. The molecule has 1 heterocycles. The summed E-state index contributed by atoms with van der Waals surface area (Å²) in [5.74, 6) is 0.984. The highest BCUT2D eigenvalue weighted by atomic mass is 16.2. The second-order valence-corrected chi connectivity index (χ2v) is 5.65. The van der Waals surface area contributed by atoms with Crippen LogP contribution in [0.1, 0.15) is 47.5 Å². The quantitative estimate of drug-likeness (QED) is 0.584. The number of piperidine rings is 1. The van der Waals surface area contributed by atoms with Crippen molar-refractivity contribution in [2.24, 2.45) is 11.3 Å². The molecule has 1 amide bonds. The van der Waals surface area contributed by atoms with Gasteiger partial charge in [-0.1, -0.05) is 20.8 Å². The lowest BCUT2D eigenvalue weighted by Gasteiger charge is -2.42. The lowest BCUT2D eigenvalue weighted by atomic mass is 9.73. The van der Waals surface area contributed by atoms with E-state index in [-0.39, 0.29) is 5.91 Å². The van der Waals surface area contributed by atoms with E-state index in [4.69, 9.17) is 0 Å². The van der Waals surface area contributed by atoms with Gasteiger partial charge in [-0.05, 0) is 31.1 Å². The highest BCUT2D eigenvalue weighted by Gasteiger charge is 2.33. The second-order valence-electron chi connectivity index (χ2n) is 5.65. The Labute approximate surface area is 87.7 Å². The number of hydrogen-bond acceptors (Lipinski definition) is 1. The molecule has 1 aliphatic heterocycles. The molecule has 0 aliphatic carbocycles. The number of carbonyl (C=O) groups is 1. The fourth-order valence-electron chi connectivity index (χ4n) is 2.43. The van der Waals surface area contributed by atoms with Crippen LogP contribution in [0.25, 0.3) is 0 Å². The van der Waals surface area contributed by atoms with Crippen molar-refractivity contribution in [3.05, 3.63) is 0 Å². The zero-order valence-corrected chi connectivity index (χ0v) is 10.1. The van der Waals surface area contributed by atoms with Crippen LogP contribution in [0.2, 0.25) is 0 Å². The maximum Gasteiger partial charge on any atom is 0.219 e. The monoisotopic (exact) mass is 197 g/mol. The highest BCUT2D eigenvalue weighted by molar-refractivity contribution is 5.73. The molecule has 0 spiro atoms. The van der Waals surface area contributed by atoms with Gasteiger partial charge in [-0.2, -0.15) is 0 Å². The van der Waals surface area contributed by atoms with Crippen molar-refractivity contribution < 1.29 is 4.79 Å². The van der Waals surface area contributed by atoms with E-state index in [0.29, 0.717) is 11.5 Å². The molecule has 2 atom stereocenters. The van der Waals surface area contributed by atoms with Crippen LogP contribution in [-0.2, 0) is 4.79 Å². The van der Waals surface area contributed by atoms with Crippen molar-refractivity contribution in [1.82, 2.24) is 4.90 Å². The molecule has 1 fully saturated rings. The van der Waals surface area contributed by atoms with Crippen molar-refractivity contribution in [1.29, 1.82) is 0 Å². The molecule has 0 radical (unpaired) electrons. The third-order valence-electron chi connectivity index (χ3n) is 3.51. The van der Waals surface area contributed by atoms with E-state index >= 15 is 0 Å². The van der Waals surface area contributed by atoms with Gasteiger partial charge in [0.1, 0.15) is 0 Å². The molecule has 1 saturated heterocycles. The Bertz CT molecular complexity index is 217. The van der Waals surface area contributed by atoms with Gasteiger partial charge in [-0.25, -0.2) is 0 Å². The average Bonchev–Trinajstić information content (AvgIpc) is 2.01. The SMILES string of the molecule is CC(=O)N1CC[C@H](C(C)(C)C)C[C@@H]1C. The summed E-state index contributed by atoms with van der Waals surface area (Å²) < 4.78 is 0. The van der Waals surface area contributed by atoms with Gasteiger partial charge in [0.25, 0.3) is 0 Å². The fraction of sp³-hybridized carbons (Fsp3) is 0.917.